The molecule has 146 valence electrons. The van der Waals surface area contributed by atoms with Crippen LogP contribution in [-0.4, -0.2) is 35.7 Å². The third kappa shape index (κ3) is 3.79. The van der Waals surface area contributed by atoms with Gasteiger partial charge in [-0.05, 0) is 35.4 Å². The summed E-state index contributed by atoms with van der Waals surface area (Å²) in [6.45, 7) is 0. The van der Waals surface area contributed by atoms with E-state index < -0.39 is 23.3 Å². The number of ether oxygens (including phenoxy) is 1. The lowest BCUT2D eigenvalue weighted by Gasteiger charge is -2.19. The Morgan fingerprint density at radius 2 is 1.93 bits per heavy atom. The van der Waals surface area contributed by atoms with Gasteiger partial charge in [-0.3, -0.25) is 0 Å². The number of fused-ring (bicyclic) bond motifs is 1. The molecule has 1 N–H and O–H groups in total. The van der Waals surface area contributed by atoms with Gasteiger partial charge in [0.05, 0.1) is 18.9 Å². The van der Waals surface area contributed by atoms with Crippen molar-refractivity contribution in [1.29, 1.82) is 0 Å². The molecule has 0 spiro atoms. The summed E-state index contributed by atoms with van der Waals surface area (Å²) in [5.74, 6) is -0.900. The number of aliphatic hydroxyl groups is 1. The quantitative estimate of drug-likeness (QED) is 0.477. The van der Waals surface area contributed by atoms with Crippen molar-refractivity contribution in [3.05, 3.63) is 69.7 Å². The SMILES string of the molecule is COC(=O)C1(O)Cc2cc(Cl)ccc2/C1=N/N=C/c1ccc(C(F)(F)F)cc1. The van der Waals surface area contributed by atoms with Crippen LogP contribution in [0.15, 0.2) is 52.7 Å². The zero-order valence-corrected chi connectivity index (χ0v) is 15.3. The molecular formula is C19H14ClF3N2O3. The molecule has 0 saturated heterocycles. The van der Waals surface area contributed by atoms with Crippen molar-refractivity contribution in [2.75, 3.05) is 7.11 Å². The van der Waals surface area contributed by atoms with Gasteiger partial charge in [0.25, 0.3) is 0 Å². The number of carbonyl (C=O) groups is 1. The fourth-order valence-electron chi connectivity index (χ4n) is 2.91. The van der Waals surface area contributed by atoms with Crippen LogP contribution in [0.2, 0.25) is 5.02 Å². The molecule has 0 bridgehead atoms. The lowest BCUT2D eigenvalue weighted by atomic mass is 9.99. The topological polar surface area (TPSA) is 71.2 Å². The molecule has 2 aromatic rings. The Balaban J connectivity index is 1.94. The minimum absolute atomic E-state index is 0.0193. The first-order valence-corrected chi connectivity index (χ1v) is 8.41. The molecule has 0 aliphatic heterocycles. The second-order valence-electron chi connectivity index (χ2n) is 6.14. The van der Waals surface area contributed by atoms with E-state index in [9.17, 15) is 23.1 Å². The highest BCUT2D eigenvalue weighted by Gasteiger charge is 2.49. The smallest absolute Gasteiger partial charge is 0.416 e. The molecule has 0 amide bonds. The van der Waals surface area contributed by atoms with Gasteiger partial charge in [0.2, 0.25) is 5.60 Å². The molecule has 9 heteroatoms. The van der Waals surface area contributed by atoms with Gasteiger partial charge in [-0.1, -0.05) is 29.8 Å². The van der Waals surface area contributed by atoms with Crippen molar-refractivity contribution in [1.82, 2.24) is 0 Å². The maximum absolute atomic E-state index is 12.6. The standard InChI is InChI=1S/C19H14ClF3N2O3/c1-28-17(26)18(27)9-12-8-14(20)6-7-15(12)16(18)25-24-10-11-2-4-13(5-3-11)19(21,22)23/h2-8,10,27H,9H2,1H3/b24-10+,25-16-. The van der Waals surface area contributed by atoms with Gasteiger partial charge in [0.1, 0.15) is 5.71 Å². The summed E-state index contributed by atoms with van der Waals surface area (Å²) in [6, 6.07) is 9.11. The van der Waals surface area contributed by atoms with E-state index in [4.69, 9.17) is 11.6 Å². The highest BCUT2D eigenvalue weighted by Crippen LogP contribution is 2.34. The summed E-state index contributed by atoms with van der Waals surface area (Å²) in [4.78, 5) is 12.1. The molecule has 0 radical (unpaired) electrons. The van der Waals surface area contributed by atoms with Gasteiger partial charge in [-0.15, -0.1) is 0 Å². The van der Waals surface area contributed by atoms with Crippen molar-refractivity contribution in [3.63, 3.8) is 0 Å². The highest BCUT2D eigenvalue weighted by atomic mass is 35.5. The number of methoxy groups -OCH3 is 1. The number of benzene rings is 2. The molecule has 28 heavy (non-hydrogen) atoms. The summed E-state index contributed by atoms with van der Waals surface area (Å²) in [7, 11) is 1.14. The van der Waals surface area contributed by atoms with E-state index in [-0.39, 0.29) is 12.1 Å². The molecule has 1 aliphatic carbocycles. The first-order chi connectivity index (χ1) is 13.1. The maximum Gasteiger partial charge on any atom is 0.416 e. The van der Waals surface area contributed by atoms with Gasteiger partial charge in [-0.2, -0.15) is 23.4 Å². The Morgan fingerprint density at radius 1 is 1.25 bits per heavy atom. The van der Waals surface area contributed by atoms with Crippen molar-refractivity contribution in [3.8, 4) is 0 Å². The molecule has 0 saturated carbocycles. The minimum atomic E-state index is -4.43. The molecule has 3 rings (SSSR count). The normalized spacial score (nSPS) is 20.6. The molecule has 0 heterocycles. The Hall–Kier alpha value is -2.71. The Kier molecular flexibility index (Phi) is 5.27. The summed E-state index contributed by atoms with van der Waals surface area (Å²) in [5, 5.41) is 19.0. The molecule has 1 unspecified atom stereocenters. The Bertz CT molecular complexity index is 971. The maximum atomic E-state index is 12.6. The van der Waals surface area contributed by atoms with Crippen molar-refractivity contribution in [2.24, 2.45) is 10.2 Å². The molecule has 2 aromatic carbocycles. The number of rotatable bonds is 3. The van der Waals surface area contributed by atoms with E-state index >= 15 is 0 Å². The zero-order chi connectivity index (χ0) is 20.5. The zero-order valence-electron chi connectivity index (χ0n) is 14.5. The first-order valence-electron chi connectivity index (χ1n) is 8.03. The average Bonchev–Trinajstić information content (AvgIpc) is 2.92. The van der Waals surface area contributed by atoms with E-state index in [1.54, 1.807) is 18.2 Å². The van der Waals surface area contributed by atoms with E-state index in [1.807, 2.05) is 0 Å². The Labute approximate surface area is 163 Å². The van der Waals surface area contributed by atoms with Crippen LogP contribution in [0, 0.1) is 0 Å². The largest absolute Gasteiger partial charge is 0.467 e. The van der Waals surface area contributed by atoms with Crippen LogP contribution in [0.5, 0.6) is 0 Å². The van der Waals surface area contributed by atoms with Gasteiger partial charge in [0.15, 0.2) is 0 Å². The predicted molar refractivity (Wildman–Crippen MR) is 97.7 cm³/mol. The van der Waals surface area contributed by atoms with Crippen LogP contribution >= 0.6 is 11.6 Å². The van der Waals surface area contributed by atoms with Gasteiger partial charge < -0.3 is 9.84 Å². The van der Waals surface area contributed by atoms with Crippen LogP contribution in [0.4, 0.5) is 13.2 Å². The number of carbonyl (C=O) groups excluding carboxylic acids is 1. The van der Waals surface area contributed by atoms with Crippen LogP contribution in [-0.2, 0) is 22.1 Å². The van der Waals surface area contributed by atoms with Crippen LogP contribution in [0.1, 0.15) is 22.3 Å². The molecular weight excluding hydrogens is 397 g/mol. The van der Waals surface area contributed by atoms with Gasteiger partial charge >= 0.3 is 12.1 Å². The molecule has 0 aromatic heterocycles. The Morgan fingerprint density at radius 3 is 2.54 bits per heavy atom. The summed E-state index contributed by atoms with van der Waals surface area (Å²) in [5.41, 5.74) is -1.37. The molecule has 1 atom stereocenters. The van der Waals surface area contributed by atoms with E-state index in [1.165, 1.54) is 18.3 Å². The fourth-order valence-corrected chi connectivity index (χ4v) is 3.10. The van der Waals surface area contributed by atoms with Crippen LogP contribution in [0.3, 0.4) is 0 Å². The van der Waals surface area contributed by atoms with Gasteiger partial charge in [-0.25, -0.2) is 4.79 Å². The second-order valence-corrected chi connectivity index (χ2v) is 6.58. The van der Waals surface area contributed by atoms with Crippen molar-refractivity contribution in [2.45, 2.75) is 18.2 Å². The summed E-state index contributed by atoms with van der Waals surface area (Å²) >= 11 is 5.96. The summed E-state index contributed by atoms with van der Waals surface area (Å²) in [6.07, 6.45) is -3.29. The number of alkyl halides is 3. The van der Waals surface area contributed by atoms with Crippen molar-refractivity contribution < 1.29 is 27.8 Å². The number of nitrogens with zero attached hydrogens (tertiary/aromatic N) is 2. The second kappa shape index (κ2) is 7.37. The van der Waals surface area contributed by atoms with Gasteiger partial charge in [0, 0.05) is 17.0 Å². The highest BCUT2D eigenvalue weighted by molar-refractivity contribution is 6.31. The molecule has 5 nitrogen and oxygen atoms in total. The number of hydrogen-bond donors (Lipinski definition) is 1. The predicted octanol–water partition coefficient (Wildman–Crippen LogP) is 3.64. The third-order valence-electron chi connectivity index (χ3n) is 4.29. The number of halogens is 4. The fraction of sp³-hybridized carbons (Fsp3) is 0.211. The third-order valence-corrected chi connectivity index (χ3v) is 4.52. The average molecular weight is 411 g/mol. The number of hydrogen-bond acceptors (Lipinski definition) is 5. The summed E-state index contributed by atoms with van der Waals surface area (Å²) < 4.78 is 42.5. The molecule has 0 fully saturated rings. The van der Waals surface area contributed by atoms with Crippen LogP contribution < -0.4 is 0 Å². The monoisotopic (exact) mass is 410 g/mol. The lowest BCUT2D eigenvalue weighted by molar-refractivity contribution is -0.154. The molecule has 1 aliphatic rings. The van der Waals surface area contributed by atoms with E-state index in [0.717, 1.165) is 19.2 Å². The van der Waals surface area contributed by atoms with E-state index in [2.05, 4.69) is 14.9 Å². The number of esters is 1. The minimum Gasteiger partial charge on any atom is -0.467 e. The first kappa shape index (κ1) is 20.0. The van der Waals surface area contributed by atoms with Crippen molar-refractivity contribution >= 4 is 29.5 Å². The van der Waals surface area contributed by atoms with Crippen LogP contribution in [0.25, 0.3) is 0 Å². The lowest BCUT2D eigenvalue weighted by Crippen LogP contribution is -2.45. The van der Waals surface area contributed by atoms with E-state index in [0.29, 0.717) is 21.7 Å².